The van der Waals surface area contributed by atoms with Gasteiger partial charge in [0.2, 0.25) is 0 Å². The van der Waals surface area contributed by atoms with Crippen LogP contribution in [0.15, 0.2) is 0 Å². The number of hydrogen-bond acceptors (Lipinski definition) is 3. The maximum absolute atomic E-state index is 11.8. The van der Waals surface area contributed by atoms with Gasteiger partial charge in [-0.15, -0.1) is 0 Å². The SMILES string of the molecule is CCOC(=O)C1CCC(CCCC(C)CCCC(C)C)CC1O. The molecule has 1 rings (SSSR count). The molecule has 4 atom stereocenters. The predicted octanol–water partition coefficient (Wildman–Crippen LogP) is 4.96. The van der Waals surface area contributed by atoms with Gasteiger partial charge in [0, 0.05) is 0 Å². The quantitative estimate of drug-likeness (QED) is 0.577. The largest absolute Gasteiger partial charge is 0.466 e. The lowest BCUT2D eigenvalue weighted by Crippen LogP contribution is -2.35. The third kappa shape index (κ3) is 8.19. The first-order valence-corrected chi connectivity index (χ1v) is 9.78. The van der Waals surface area contributed by atoms with Crippen LogP contribution in [0.5, 0.6) is 0 Å². The molecule has 0 spiro atoms. The lowest BCUT2D eigenvalue weighted by molar-refractivity contribution is -0.154. The van der Waals surface area contributed by atoms with Crippen molar-refractivity contribution in [3.8, 4) is 0 Å². The highest BCUT2D eigenvalue weighted by Gasteiger charge is 2.34. The second-order valence-corrected chi connectivity index (χ2v) is 7.97. The molecule has 1 saturated carbocycles. The van der Waals surface area contributed by atoms with E-state index in [4.69, 9.17) is 4.74 Å². The fraction of sp³-hybridized carbons (Fsp3) is 0.950. The van der Waals surface area contributed by atoms with E-state index in [2.05, 4.69) is 20.8 Å². The van der Waals surface area contributed by atoms with Crippen LogP contribution in [0.25, 0.3) is 0 Å². The monoisotopic (exact) mass is 326 g/mol. The number of rotatable bonds is 10. The topological polar surface area (TPSA) is 46.5 Å². The molecule has 0 saturated heterocycles. The summed E-state index contributed by atoms with van der Waals surface area (Å²) >= 11 is 0. The summed E-state index contributed by atoms with van der Waals surface area (Å²) in [5.41, 5.74) is 0. The normalized spacial score (nSPS) is 26.3. The van der Waals surface area contributed by atoms with Crippen LogP contribution < -0.4 is 0 Å². The van der Waals surface area contributed by atoms with Crippen LogP contribution in [-0.2, 0) is 9.53 Å². The van der Waals surface area contributed by atoms with Crippen molar-refractivity contribution in [3.63, 3.8) is 0 Å². The van der Waals surface area contributed by atoms with Crippen LogP contribution in [-0.4, -0.2) is 23.8 Å². The van der Waals surface area contributed by atoms with E-state index in [1.54, 1.807) is 0 Å². The van der Waals surface area contributed by atoms with Crippen LogP contribution in [0.3, 0.4) is 0 Å². The Balaban J connectivity index is 2.16. The maximum atomic E-state index is 11.8. The molecule has 1 N–H and O–H groups in total. The van der Waals surface area contributed by atoms with Crippen LogP contribution in [0.2, 0.25) is 0 Å². The summed E-state index contributed by atoms with van der Waals surface area (Å²) in [4.78, 5) is 11.8. The summed E-state index contributed by atoms with van der Waals surface area (Å²) < 4.78 is 5.05. The maximum Gasteiger partial charge on any atom is 0.311 e. The first-order valence-electron chi connectivity index (χ1n) is 9.78. The highest BCUT2D eigenvalue weighted by atomic mass is 16.5. The van der Waals surface area contributed by atoms with Gasteiger partial charge < -0.3 is 9.84 Å². The van der Waals surface area contributed by atoms with Crippen molar-refractivity contribution in [1.82, 2.24) is 0 Å². The standard InChI is InChI=1S/C20H38O3/c1-5-23-20(22)18-13-12-17(14-19(18)21)11-7-10-16(4)9-6-8-15(2)3/h15-19,21H,5-14H2,1-4H3. The molecule has 0 amide bonds. The molecule has 0 heterocycles. The van der Waals surface area contributed by atoms with Gasteiger partial charge in [-0.05, 0) is 43.9 Å². The van der Waals surface area contributed by atoms with Crippen molar-refractivity contribution in [2.75, 3.05) is 6.61 Å². The molecular formula is C20H38O3. The van der Waals surface area contributed by atoms with E-state index in [-0.39, 0.29) is 11.9 Å². The number of carbonyl (C=O) groups excluding carboxylic acids is 1. The Bertz CT molecular complexity index is 327. The summed E-state index contributed by atoms with van der Waals surface area (Å²) in [6, 6.07) is 0. The number of aliphatic hydroxyl groups is 1. The zero-order valence-electron chi connectivity index (χ0n) is 15.7. The van der Waals surface area contributed by atoms with Crippen molar-refractivity contribution < 1.29 is 14.6 Å². The predicted molar refractivity (Wildman–Crippen MR) is 95.2 cm³/mol. The van der Waals surface area contributed by atoms with Crippen molar-refractivity contribution in [2.45, 2.75) is 91.6 Å². The zero-order chi connectivity index (χ0) is 17.2. The highest BCUT2D eigenvalue weighted by molar-refractivity contribution is 5.73. The second-order valence-electron chi connectivity index (χ2n) is 7.97. The van der Waals surface area contributed by atoms with E-state index >= 15 is 0 Å². The number of aliphatic hydroxyl groups excluding tert-OH is 1. The third-order valence-electron chi connectivity index (χ3n) is 5.30. The van der Waals surface area contributed by atoms with Crippen molar-refractivity contribution in [3.05, 3.63) is 0 Å². The molecule has 4 unspecified atom stereocenters. The van der Waals surface area contributed by atoms with Gasteiger partial charge in [-0.2, -0.15) is 0 Å². The van der Waals surface area contributed by atoms with Gasteiger partial charge in [0.1, 0.15) is 0 Å². The minimum atomic E-state index is -0.503. The van der Waals surface area contributed by atoms with Crippen molar-refractivity contribution in [2.24, 2.45) is 23.7 Å². The van der Waals surface area contributed by atoms with Crippen LogP contribution >= 0.6 is 0 Å². The Hall–Kier alpha value is -0.570. The summed E-state index contributed by atoms with van der Waals surface area (Å²) in [5.74, 6) is 1.71. The first-order chi connectivity index (χ1) is 10.9. The molecule has 3 nitrogen and oxygen atoms in total. The van der Waals surface area contributed by atoms with E-state index in [9.17, 15) is 9.90 Å². The van der Waals surface area contributed by atoms with E-state index in [1.165, 1.54) is 38.5 Å². The average molecular weight is 327 g/mol. The number of carbonyl (C=O) groups is 1. The van der Waals surface area contributed by atoms with Crippen molar-refractivity contribution >= 4 is 5.97 Å². The molecule has 23 heavy (non-hydrogen) atoms. The minimum absolute atomic E-state index is 0.211. The molecule has 0 aliphatic heterocycles. The van der Waals surface area contributed by atoms with Gasteiger partial charge >= 0.3 is 5.97 Å². The Kier molecular flexibility index (Phi) is 9.85. The average Bonchev–Trinajstić information content (AvgIpc) is 2.47. The first kappa shape index (κ1) is 20.5. The molecule has 0 aromatic rings. The molecule has 1 aliphatic rings. The van der Waals surface area contributed by atoms with E-state index in [0.717, 1.165) is 31.1 Å². The summed E-state index contributed by atoms with van der Waals surface area (Å²) in [5, 5.41) is 10.2. The second kappa shape index (κ2) is 11.1. The van der Waals surface area contributed by atoms with E-state index in [1.807, 2.05) is 6.92 Å². The summed E-state index contributed by atoms with van der Waals surface area (Å²) in [7, 11) is 0. The Morgan fingerprint density at radius 1 is 1.13 bits per heavy atom. The zero-order valence-corrected chi connectivity index (χ0v) is 15.7. The highest BCUT2D eigenvalue weighted by Crippen LogP contribution is 2.33. The molecule has 1 fully saturated rings. The van der Waals surface area contributed by atoms with Gasteiger partial charge in [-0.1, -0.05) is 59.3 Å². The summed E-state index contributed by atoms with van der Waals surface area (Å²) in [6.45, 7) is 9.18. The lowest BCUT2D eigenvalue weighted by Gasteiger charge is -2.31. The fourth-order valence-corrected chi connectivity index (χ4v) is 3.79. The number of hydrogen-bond donors (Lipinski definition) is 1. The van der Waals surface area contributed by atoms with Crippen LogP contribution in [0, 0.1) is 23.7 Å². The fourth-order valence-electron chi connectivity index (χ4n) is 3.79. The Morgan fingerprint density at radius 3 is 2.43 bits per heavy atom. The van der Waals surface area contributed by atoms with E-state index in [0.29, 0.717) is 12.5 Å². The Morgan fingerprint density at radius 2 is 1.83 bits per heavy atom. The van der Waals surface area contributed by atoms with Gasteiger partial charge in [0.15, 0.2) is 0 Å². The van der Waals surface area contributed by atoms with Crippen LogP contribution in [0.1, 0.15) is 85.5 Å². The molecule has 0 aromatic carbocycles. The Labute approximate surface area is 143 Å². The molecule has 136 valence electrons. The van der Waals surface area contributed by atoms with Crippen LogP contribution in [0.4, 0.5) is 0 Å². The molecule has 1 aliphatic carbocycles. The van der Waals surface area contributed by atoms with Gasteiger partial charge in [-0.25, -0.2) is 0 Å². The summed E-state index contributed by atoms with van der Waals surface area (Å²) in [6.07, 6.45) is 9.89. The lowest BCUT2D eigenvalue weighted by atomic mass is 9.77. The van der Waals surface area contributed by atoms with Crippen molar-refractivity contribution in [1.29, 1.82) is 0 Å². The molecule has 0 radical (unpaired) electrons. The smallest absolute Gasteiger partial charge is 0.311 e. The number of ether oxygens (including phenoxy) is 1. The number of esters is 1. The minimum Gasteiger partial charge on any atom is -0.466 e. The van der Waals surface area contributed by atoms with Gasteiger partial charge in [-0.3, -0.25) is 4.79 Å². The van der Waals surface area contributed by atoms with Gasteiger partial charge in [0.05, 0.1) is 18.6 Å². The molecular weight excluding hydrogens is 288 g/mol. The molecule has 0 bridgehead atoms. The molecule has 0 aromatic heterocycles. The van der Waals surface area contributed by atoms with E-state index < -0.39 is 6.10 Å². The van der Waals surface area contributed by atoms with Gasteiger partial charge in [0.25, 0.3) is 0 Å². The third-order valence-corrected chi connectivity index (χ3v) is 5.30. The molecule has 3 heteroatoms.